The van der Waals surface area contributed by atoms with Gasteiger partial charge in [0.1, 0.15) is 11.4 Å². The van der Waals surface area contributed by atoms with E-state index >= 15 is 0 Å². The summed E-state index contributed by atoms with van der Waals surface area (Å²) >= 11 is 1.49. The second-order valence-corrected chi connectivity index (χ2v) is 7.57. The molecule has 0 radical (unpaired) electrons. The molecule has 0 saturated carbocycles. The van der Waals surface area contributed by atoms with Crippen LogP contribution in [0.25, 0.3) is 10.9 Å². The highest BCUT2D eigenvalue weighted by Gasteiger charge is 2.24. The quantitative estimate of drug-likeness (QED) is 0.597. The molecule has 150 valence electrons. The summed E-state index contributed by atoms with van der Waals surface area (Å²) in [6.45, 7) is 1.09. The molecule has 1 N–H and O–H groups in total. The van der Waals surface area contributed by atoms with E-state index in [9.17, 15) is 14.4 Å². The van der Waals surface area contributed by atoms with Gasteiger partial charge in [0.15, 0.2) is 5.16 Å². The maximum atomic E-state index is 13.1. The van der Waals surface area contributed by atoms with Crippen molar-refractivity contribution < 1.29 is 9.53 Å². The Balaban J connectivity index is 1.67. The number of carbonyl (C=O) groups excluding carboxylic acids is 1. The SMILES string of the molecule is COCCN(Cc1nc2ccccc2c(=O)[nH]1)C(=O)c1cnc2n(c1=O)CCS2. The van der Waals surface area contributed by atoms with Crippen molar-refractivity contribution in [3.8, 4) is 0 Å². The van der Waals surface area contributed by atoms with Crippen LogP contribution in [-0.2, 0) is 17.8 Å². The van der Waals surface area contributed by atoms with Crippen LogP contribution in [0.2, 0.25) is 0 Å². The van der Waals surface area contributed by atoms with E-state index in [4.69, 9.17) is 4.74 Å². The Kier molecular flexibility index (Phi) is 5.45. The molecule has 4 rings (SSSR count). The minimum Gasteiger partial charge on any atom is -0.383 e. The van der Waals surface area contributed by atoms with E-state index < -0.39 is 5.91 Å². The highest BCUT2D eigenvalue weighted by atomic mass is 32.2. The number of H-pyrrole nitrogens is 1. The molecule has 10 heteroatoms. The van der Waals surface area contributed by atoms with E-state index in [1.165, 1.54) is 34.5 Å². The maximum absolute atomic E-state index is 13.1. The van der Waals surface area contributed by atoms with Crippen molar-refractivity contribution in [3.05, 3.63) is 62.6 Å². The van der Waals surface area contributed by atoms with Crippen LogP contribution in [0.3, 0.4) is 0 Å². The number of fused-ring (bicyclic) bond motifs is 2. The number of aromatic nitrogens is 4. The first-order chi connectivity index (χ1) is 14.1. The molecule has 1 aliphatic heterocycles. The number of thioether (sulfide) groups is 1. The Morgan fingerprint density at radius 3 is 3.00 bits per heavy atom. The van der Waals surface area contributed by atoms with Crippen LogP contribution in [0.4, 0.5) is 0 Å². The van der Waals surface area contributed by atoms with Gasteiger partial charge in [-0.15, -0.1) is 0 Å². The molecule has 9 nitrogen and oxygen atoms in total. The van der Waals surface area contributed by atoms with Gasteiger partial charge in [0, 0.05) is 32.1 Å². The smallest absolute Gasteiger partial charge is 0.267 e. The van der Waals surface area contributed by atoms with Crippen LogP contribution < -0.4 is 11.1 Å². The average molecular weight is 413 g/mol. The zero-order chi connectivity index (χ0) is 20.4. The van der Waals surface area contributed by atoms with Crippen LogP contribution >= 0.6 is 11.8 Å². The number of benzene rings is 1. The lowest BCUT2D eigenvalue weighted by molar-refractivity contribution is 0.0672. The Hall–Kier alpha value is -2.98. The summed E-state index contributed by atoms with van der Waals surface area (Å²) in [7, 11) is 1.53. The van der Waals surface area contributed by atoms with Gasteiger partial charge in [-0.05, 0) is 12.1 Å². The summed E-state index contributed by atoms with van der Waals surface area (Å²) in [6, 6.07) is 6.99. The van der Waals surface area contributed by atoms with E-state index in [1.54, 1.807) is 24.3 Å². The standard InChI is InChI=1S/C19H19N5O4S/c1-28-8-6-23(11-15-21-14-5-3-2-4-12(14)16(25)22-15)17(26)13-10-20-19-24(18(13)27)7-9-29-19/h2-5,10H,6-9,11H2,1H3,(H,21,22,25). The van der Waals surface area contributed by atoms with Crippen molar-refractivity contribution in [1.82, 2.24) is 24.4 Å². The molecule has 0 unspecified atom stereocenters. The van der Waals surface area contributed by atoms with Gasteiger partial charge in [-0.2, -0.15) is 0 Å². The molecule has 1 aliphatic rings. The molecular weight excluding hydrogens is 394 g/mol. The highest BCUT2D eigenvalue weighted by Crippen LogP contribution is 2.21. The summed E-state index contributed by atoms with van der Waals surface area (Å²) in [4.78, 5) is 51.0. The molecule has 0 aliphatic carbocycles. The first-order valence-electron chi connectivity index (χ1n) is 9.07. The first-order valence-corrected chi connectivity index (χ1v) is 10.1. The van der Waals surface area contributed by atoms with Gasteiger partial charge in [0.2, 0.25) is 0 Å². The number of hydrogen-bond acceptors (Lipinski definition) is 7. The van der Waals surface area contributed by atoms with Crippen LogP contribution in [0, 0.1) is 0 Å². The topological polar surface area (TPSA) is 110 Å². The molecule has 3 aromatic rings. The fourth-order valence-electron chi connectivity index (χ4n) is 3.18. The number of amides is 1. The fraction of sp³-hybridized carbons (Fsp3) is 0.316. The number of nitrogens with one attached hydrogen (secondary N) is 1. The summed E-state index contributed by atoms with van der Waals surface area (Å²) in [5.41, 5.74) is -0.0921. The van der Waals surface area contributed by atoms with Crippen LogP contribution in [0.5, 0.6) is 0 Å². The lowest BCUT2D eigenvalue weighted by Crippen LogP contribution is -2.39. The van der Waals surface area contributed by atoms with Gasteiger partial charge in [-0.1, -0.05) is 23.9 Å². The normalized spacial score (nSPS) is 12.9. The van der Waals surface area contributed by atoms with Gasteiger partial charge in [-0.25, -0.2) is 9.97 Å². The van der Waals surface area contributed by atoms with Crippen LogP contribution in [0.1, 0.15) is 16.2 Å². The molecular formula is C19H19N5O4S. The van der Waals surface area contributed by atoms with Gasteiger partial charge >= 0.3 is 0 Å². The molecule has 29 heavy (non-hydrogen) atoms. The molecule has 0 fully saturated rings. The Morgan fingerprint density at radius 2 is 2.17 bits per heavy atom. The molecule has 2 aromatic heterocycles. The monoisotopic (exact) mass is 413 g/mol. The molecule has 1 aromatic carbocycles. The highest BCUT2D eigenvalue weighted by molar-refractivity contribution is 7.99. The molecule has 3 heterocycles. The predicted octanol–water partition coefficient (Wildman–Crippen LogP) is 0.874. The van der Waals surface area contributed by atoms with E-state index in [2.05, 4.69) is 15.0 Å². The largest absolute Gasteiger partial charge is 0.383 e. The van der Waals surface area contributed by atoms with Crippen molar-refractivity contribution >= 4 is 28.6 Å². The van der Waals surface area contributed by atoms with Crippen LogP contribution in [0.15, 0.2) is 45.2 Å². The third-order valence-corrected chi connectivity index (χ3v) is 5.61. The van der Waals surface area contributed by atoms with Gasteiger partial charge in [0.25, 0.3) is 17.0 Å². The van der Waals surface area contributed by atoms with E-state index in [0.717, 1.165) is 5.75 Å². The van der Waals surface area contributed by atoms with Crippen LogP contribution in [-0.4, -0.2) is 56.3 Å². The second-order valence-electron chi connectivity index (χ2n) is 6.51. The number of hydrogen-bond donors (Lipinski definition) is 1. The number of carbonyl (C=O) groups is 1. The van der Waals surface area contributed by atoms with Crippen molar-refractivity contribution in [2.75, 3.05) is 26.0 Å². The van der Waals surface area contributed by atoms with Gasteiger partial charge in [-0.3, -0.25) is 19.0 Å². The maximum Gasteiger partial charge on any atom is 0.267 e. The molecule has 0 bridgehead atoms. The predicted molar refractivity (Wildman–Crippen MR) is 108 cm³/mol. The van der Waals surface area contributed by atoms with Crippen molar-refractivity contribution in [3.63, 3.8) is 0 Å². The Bertz CT molecular complexity index is 1190. The summed E-state index contributed by atoms with van der Waals surface area (Å²) in [6.07, 6.45) is 1.32. The van der Waals surface area contributed by atoms with Crippen molar-refractivity contribution in [2.45, 2.75) is 18.2 Å². The average Bonchev–Trinajstić information content (AvgIpc) is 3.21. The third-order valence-electron chi connectivity index (χ3n) is 4.64. The van der Waals surface area contributed by atoms with E-state index in [1.807, 2.05) is 0 Å². The number of nitrogens with zero attached hydrogens (tertiary/aromatic N) is 4. The Labute approximate surface area is 169 Å². The van der Waals surface area contributed by atoms with E-state index in [-0.39, 0.29) is 36.4 Å². The zero-order valence-electron chi connectivity index (χ0n) is 15.8. The number of para-hydroxylation sites is 1. The lowest BCUT2D eigenvalue weighted by atomic mass is 10.2. The number of methoxy groups -OCH3 is 1. The van der Waals surface area contributed by atoms with E-state index in [0.29, 0.717) is 28.4 Å². The van der Waals surface area contributed by atoms with Gasteiger partial charge < -0.3 is 14.6 Å². The number of aromatic amines is 1. The molecule has 0 saturated heterocycles. The minimum atomic E-state index is -0.470. The Morgan fingerprint density at radius 1 is 1.34 bits per heavy atom. The molecule has 0 atom stereocenters. The summed E-state index contributed by atoms with van der Waals surface area (Å²) in [5, 5.41) is 1.10. The fourth-order valence-corrected chi connectivity index (χ4v) is 4.09. The molecule has 0 spiro atoms. The zero-order valence-corrected chi connectivity index (χ0v) is 16.6. The third kappa shape index (κ3) is 3.81. The molecule has 1 amide bonds. The van der Waals surface area contributed by atoms with Crippen molar-refractivity contribution in [1.29, 1.82) is 0 Å². The van der Waals surface area contributed by atoms with Crippen molar-refractivity contribution in [2.24, 2.45) is 0 Å². The minimum absolute atomic E-state index is 0.00418. The summed E-state index contributed by atoms with van der Waals surface area (Å²) in [5.74, 6) is 0.626. The number of rotatable bonds is 6. The first kappa shape index (κ1) is 19.3. The lowest BCUT2D eigenvalue weighted by Gasteiger charge is -2.22. The van der Waals surface area contributed by atoms with Gasteiger partial charge in [0.05, 0.1) is 24.1 Å². The summed E-state index contributed by atoms with van der Waals surface area (Å²) < 4.78 is 6.62. The second kappa shape index (κ2) is 8.18. The number of ether oxygens (including phenoxy) is 1.